The van der Waals surface area contributed by atoms with Crippen LogP contribution < -0.4 is 10.6 Å². The molecule has 0 aliphatic rings. The Morgan fingerprint density at radius 2 is 2.05 bits per heavy atom. The van der Waals surface area contributed by atoms with Gasteiger partial charge in [0.15, 0.2) is 5.96 Å². The number of guanidine groups is 1. The van der Waals surface area contributed by atoms with Crippen molar-refractivity contribution < 1.29 is 9.15 Å². The van der Waals surface area contributed by atoms with Gasteiger partial charge in [-0.25, -0.2) is 0 Å². The van der Waals surface area contributed by atoms with Crippen LogP contribution in [0.4, 0.5) is 0 Å². The van der Waals surface area contributed by atoms with E-state index in [0.717, 1.165) is 63.6 Å². The third-order valence-electron chi connectivity index (χ3n) is 3.09. The summed E-state index contributed by atoms with van der Waals surface area (Å²) in [7, 11) is 1.73. The Morgan fingerprint density at radius 3 is 2.73 bits per heavy atom. The molecule has 0 unspecified atom stereocenters. The van der Waals surface area contributed by atoms with Gasteiger partial charge in [0.1, 0.15) is 5.76 Å². The summed E-state index contributed by atoms with van der Waals surface area (Å²) < 4.78 is 10.4. The molecule has 5 nitrogen and oxygen atoms in total. The van der Waals surface area contributed by atoms with Gasteiger partial charge in [0, 0.05) is 39.8 Å². The van der Waals surface area contributed by atoms with E-state index in [0.29, 0.717) is 0 Å². The molecule has 1 rings (SSSR count). The zero-order chi connectivity index (χ0) is 15.2. The standard InChI is InChI=1S/C16H29N3O2.HI/c1-3-4-10-17-16(18-11-5-6-13-20-2)19-12-9-15-8-7-14-21-15;/h7-8,14H,3-6,9-13H2,1-2H3,(H2,17,18,19);1H. The Balaban J connectivity index is 0.00000441. The number of hydrogen-bond acceptors (Lipinski definition) is 3. The molecule has 0 aromatic carbocycles. The Kier molecular flexibility index (Phi) is 14.6. The molecule has 0 aliphatic heterocycles. The van der Waals surface area contributed by atoms with Crippen LogP contribution >= 0.6 is 24.0 Å². The highest BCUT2D eigenvalue weighted by Crippen LogP contribution is 1.99. The van der Waals surface area contributed by atoms with Crippen molar-refractivity contribution in [3.8, 4) is 0 Å². The van der Waals surface area contributed by atoms with Crippen LogP contribution in [0.25, 0.3) is 0 Å². The second-order valence-corrected chi connectivity index (χ2v) is 4.97. The first-order valence-electron chi connectivity index (χ1n) is 7.90. The van der Waals surface area contributed by atoms with Crippen molar-refractivity contribution in [1.82, 2.24) is 10.6 Å². The molecule has 1 heterocycles. The lowest BCUT2D eigenvalue weighted by molar-refractivity contribution is 0.193. The highest BCUT2D eigenvalue weighted by Gasteiger charge is 1.99. The molecule has 0 aliphatic carbocycles. The third-order valence-corrected chi connectivity index (χ3v) is 3.09. The number of methoxy groups -OCH3 is 1. The average Bonchev–Trinajstić information content (AvgIpc) is 3.00. The van der Waals surface area contributed by atoms with Crippen molar-refractivity contribution in [2.45, 2.75) is 39.0 Å². The number of rotatable bonds is 11. The maximum Gasteiger partial charge on any atom is 0.191 e. The zero-order valence-corrected chi connectivity index (χ0v) is 16.1. The minimum absolute atomic E-state index is 0. The number of furan rings is 1. The number of unbranched alkanes of at least 4 members (excludes halogenated alkanes) is 2. The van der Waals surface area contributed by atoms with Gasteiger partial charge in [-0.05, 0) is 31.4 Å². The third kappa shape index (κ3) is 10.9. The highest BCUT2D eigenvalue weighted by atomic mass is 127. The van der Waals surface area contributed by atoms with Gasteiger partial charge in [-0.1, -0.05) is 13.3 Å². The molecule has 0 saturated carbocycles. The van der Waals surface area contributed by atoms with Crippen LogP contribution in [-0.2, 0) is 11.2 Å². The number of ether oxygens (including phenoxy) is 1. The minimum Gasteiger partial charge on any atom is -0.469 e. The Bertz CT molecular complexity index is 369. The smallest absolute Gasteiger partial charge is 0.191 e. The minimum atomic E-state index is 0. The molecule has 0 fully saturated rings. The Morgan fingerprint density at radius 1 is 1.23 bits per heavy atom. The van der Waals surface area contributed by atoms with Gasteiger partial charge in [0.05, 0.1) is 6.26 Å². The van der Waals surface area contributed by atoms with Gasteiger partial charge in [0.25, 0.3) is 0 Å². The van der Waals surface area contributed by atoms with Gasteiger partial charge in [-0.3, -0.25) is 4.99 Å². The maximum atomic E-state index is 5.33. The van der Waals surface area contributed by atoms with Gasteiger partial charge in [-0.2, -0.15) is 0 Å². The number of nitrogens with zero attached hydrogens (tertiary/aromatic N) is 1. The van der Waals surface area contributed by atoms with Crippen LogP contribution in [0.2, 0.25) is 0 Å². The lowest BCUT2D eigenvalue weighted by Crippen LogP contribution is -2.39. The highest BCUT2D eigenvalue weighted by molar-refractivity contribution is 14.0. The number of aliphatic imine (C=N–C) groups is 1. The summed E-state index contributed by atoms with van der Waals surface area (Å²) >= 11 is 0. The molecular formula is C16H30IN3O2. The first-order chi connectivity index (χ1) is 10.4. The molecule has 1 aromatic rings. The molecule has 128 valence electrons. The Labute approximate surface area is 151 Å². The van der Waals surface area contributed by atoms with Crippen LogP contribution in [0.5, 0.6) is 0 Å². The molecule has 6 heteroatoms. The SMILES string of the molecule is CCCCNC(=NCCCCOC)NCCc1ccco1.I. The van der Waals surface area contributed by atoms with E-state index in [-0.39, 0.29) is 24.0 Å². The number of nitrogens with one attached hydrogen (secondary N) is 2. The van der Waals surface area contributed by atoms with Crippen LogP contribution in [0.15, 0.2) is 27.8 Å². The predicted molar refractivity (Wildman–Crippen MR) is 102 cm³/mol. The summed E-state index contributed by atoms with van der Waals surface area (Å²) in [6, 6.07) is 3.91. The van der Waals surface area contributed by atoms with E-state index in [1.165, 1.54) is 6.42 Å². The van der Waals surface area contributed by atoms with E-state index in [1.54, 1.807) is 13.4 Å². The summed E-state index contributed by atoms with van der Waals surface area (Å²) in [6.45, 7) is 5.60. The summed E-state index contributed by atoms with van der Waals surface area (Å²) in [5.74, 6) is 1.89. The Hall–Kier alpha value is -0.760. The van der Waals surface area contributed by atoms with Gasteiger partial charge < -0.3 is 19.8 Å². The summed E-state index contributed by atoms with van der Waals surface area (Å²) in [5.41, 5.74) is 0. The van der Waals surface area contributed by atoms with Crippen molar-refractivity contribution in [1.29, 1.82) is 0 Å². The first-order valence-corrected chi connectivity index (χ1v) is 7.90. The number of halogens is 1. The first kappa shape index (κ1) is 21.2. The fourth-order valence-electron chi connectivity index (χ4n) is 1.87. The quantitative estimate of drug-likeness (QED) is 0.249. The average molecular weight is 423 g/mol. The molecule has 0 amide bonds. The van der Waals surface area contributed by atoms with Crippen LogP contribution in [-0.4, -0.2) is 39.3 Å². The van der Waals surface area contributed by atoms with E-state index in [4.69, 9.17) is 9.15 Å². The molecular weight excluding hydrogens is 393 g/mol. The van der Waals surface area contributed by atoms with Crippen molar-refractivity contribution in [2.75, 3.05) is 33.4 Å². The van der Waals surface area contributed by atoms with Crippen molar-refractivity contribution >= 4 is 29.9 Å². The summed E-state index contributed by atoms with van der Waals surface area (Å²) in [4.78, 5) is 4.59. The zero-order valence-electron chi connectivity index (χ0n) is 13.8. The van der Waals surface area contributed by atoms with Crippen LogP contribution in [0.3, 0.4) is 0 Å². The van der Waals surface area contributed by atoms with E-state index in [9.17, 15) is 0 Å². The van der Waals surface area contributed by atoms with Gasteiger partial charge in [0.2, 0.25) is 0 Å². The molecule has 0 bridgehead atoms. The van der Waals surface area contributed by atoms with Crippen molar-refractivity contribution in [2.24, 2.45) is 4.99 Å². The molecule has 0 radical (unpaired) electrons. The molecule has 22 heavy (non-hydrogen) atoms. The van der Waals surface area contributed by atoms with Crippen molar-refractivity contribution in [3.05, 3.63) is 24.2 Å². The lowest BCUT2D eigenvalue weighted by atomic mass is 10.3. The fraction of sp³-hybridized carbons (Fsp3) is 0.688. The summed E-state index contributed by atoms with van der Waals surface area (Å²) in [6.07, 6.45) is 7.01. The van der Waals surface area contributed by atoms with E-state index < -0.39 is 0 Å². The lowest BCUT2D eigenvalue weighted by Gasteiger charge is -2.12. The maximum absolute atomic E-state index is 5.33. The molecule has 0 atom stereocenters. The molecule has 0 spiro atoms. The molecule has 0 saturated heterocycles. The van der Waals surface area contributed by atoms with E-state index in [1.807, 2.05) is 12.1 Å². The summed E-state index contributed by atoms with van der Waals surface area (Å²) in [5, 5.41) is 6.72. The predicted octanol–water partition coefficient (Wildman–Crippen LogP) is 3.20. The number of hydrogen-bond donors (Lipinski definition) is 2. The topological polar surface area (TPSA) is 58.8 Å². The van der Waals surface area contributed by atoms with Gasteiger partial charge in [-0.15, -0.1) is 24.0 Å². The van der Waals surface area contributed by atoms with E-state index in [2.05, 4.69) is 22.5 Å². The van der Waals surface area contributed by atoms with Crippen LogP contribution in [0, 0.1) is 0 Å². The second kappa shape index (κ2) is 15.1. The fourth-order valence-corrected chi connectivity index (χ4v) is 1.87. The second-order valence-electron chi connectivity index (χ2n) is 4.97. The normalized spacial score (nSPS) is 11.1. The van der Waals surface area contributed by atoms with E-state index >= 15 is 0 Å². The molecule has 2 N–H and O–H groups in total. The van der Waals surface area contributed by atoms with Gasteiger partial charge >= 0.3 is 0 Å². The monoisotopic (exact) mass is 423 g/mol. The molecule has 1 aromatic heterocycles. The van der Waals surface area contributed by atoms with Crippen molar-refractivity contribution in [3.63, 3.8) is 0 Å². The van der Waals surface area contributed by atoms with Crippen LogP contribution in [0.1, 0.15) is 38.4 Å². The largest absolute Gasteiger partial charge is 0.469 e.